The van der Waals surface area contributed by atoms with Gasteiger partial charge in [-0.3, -0.25) is 0 Å². The van der Waals surface area contributed by atoms with Gasteiger partial charge in [-0.25, -0.2) is 0 Å². The Kier molecular flexibility index (Phi) is 6.05. The number of aryl methyl sites for hydroxylation is 1. The second-order valence-corrected chi connectivity index (χ2v) is 10.7. The molecular formula is C28H29OSi. The van der Waals surface area contributed by atoms with Crippen LogP contribution in [0.5, 0.6) is 5.75 Å². The molecule has 0 aliphatic heterocycles. The summed E-state index contributed by atoms with van der Waals surface area (Å²) in [5, 5.41) is 1.49. The first-order chi connectivity index (χ1) is 14.6. The number of allylic oxidation sites excluding steroid dienone is 4. The van der Waals surface area contributed by atoms with E-state index in [1.807, 2.05) is 7.11 Å². The Morgan fingerprint density at radius 1 is 0.833 bits per heavy atom. The Labute approximate surface area is 182 Å². The molecule has 151 valence electrons. The van der Waals surface area contributed by atoms with Crippen LogP contribution in [0.3, 0.4) is 0 Å². The summed E-state index contributed by atoms with van der Waals surface area (Å²) in [4.78, 5) is 0. The Hall–Kier alpha value is -2.84. The molecule has 1 aliphatic carbocycles. The third-order valence-corrected chi connectivity index (χ3v) is 7.57. The van der Waals surface area contributed by atoms with Crippen molar-refractivity contribution in [2.24, 2.45) is 0 Å². The monoisotopic (exact) mass is 409 g/mol. The van der Waals surface area contributed by atoms with E-state index in [0.717, 1.165) is 5.75 Å². The molecule has 1 nitrogen and oxygen atoms in total. The first-order valence-corrected chi connectivity index (χ1v) is 13.1. The van der Waals surface area contributed by atoms with Crippen LogP contribution in [0, 0.1) is 6.92 Å². The maximum Gasteiger partial charge on any atom is 0.127 e. The number of hydrogen-bond donors (Lipinski definition) is 0. The fraction of sp³-hybridized carbons (Fsp3) is 0.214. The molecule has 3 aromatic rings. The average Bonchev–Trinajstić information content (AvgIpc) is 3.30. The van der Waals surface area contributed by atoms with Gasteiger partial charge in [0.1, 0.15) is 5.75 Å². The van der Waals surface area contributed by atoms with Crippen LogP contribution in [0.25, 0.3) is 0 Å². The molecule has 0 aromatic heterocycles. The van der Waals surface area contributed by atoms with E-state index in [0.29, 0.717) is 0 Å². The van der Waals surface area contributed by atoms with Gasteiger partial charge in [-0.05, 0) is 18.1 Å². The van der Waals surface area contributed by atoms with Crippen LogP contribution in [0.1, 0.15) is 39.7 Å². The molecule has 0 spiro atoms. The van der Waals surface area contributed by atoms with E-state index in [1.54, 1.807) is 0 Å². The highest BCUT2D eigenvalue weighted by molar-refractivity contribution is 6.71. The molecule has 0 fully saturated rings. The maximum atomic E-state index is 6.21. The summed E-state index contributed by atoms with van der Waals surface area (Å²) in [5.74, 6) is 1.45. The van der Waals surface area contributed by atoms with Crippen molar-refractivity contribution in [1.29, 1.82) is 0 Å². The zero-order valence-electron chi connectivity index (χ0n) is 18.2. The highest BCUT2D eigenvalue weighted by atomic mass is 28.3. The third-order valence-electron chi connectivity index (χ3n) is 5.91. The van der Waals surface area contributed by atoms with Crippen LogP contribution in [0.15, 0.2) is 91.0 Å². The summed E-state index contributed by atoms with van der Waals surface area (Å²) >= 11 is 0. The minimum Gasteiger partial charge on any atom is -0.496 e. The van der Waals surface area contributed by atoms with Gasteiger partial charge in [0.25, 0.3) is 0 Å². The van der Waals surface area contributed by atoms with E-state index < -0.39 is 8.80 Å². The summed E-state index contributed by atoms with van der Waals surface area (Å²) in [6, 6.07) is 24.1. The lowest BCUT2D eigenvalue weighted by Crippen LogP contribution is -2.33. The second-order valence-electron chi connectivity index (χ2n) is 8.15. The van der Waals surface area contributed by atoms with Crippen molar-refractivity contribution in [3.05, 3.63) is 119 Å². The van der Waals surface area contributed by atoms with Crippen molar-refractivity contribution in [1.82, 2.24) is 0 Å². The number of ether oxygens (including phenoxy) is 1. The summed E-state index contributed by atoms with van der Waals surface area (Å²) in [5.41, 5.74) is 6.60. The molecule has 0 N–H and O–H groups in total. The quantitative estimate of drug-likeness (QED) is 0.340. The van der Waals surface area contributed by atoms with Gasteiger partial charge in [0.15, 0.2) is 0 Å². The van der Waals surface area contributed by atoms with Crippen molar-refractivity contribution in [3.63, 3.8) is 0 Å². The molecule has 2 heteroatoms. The molecule has 0 unspecified atom stereocenters. The number of hydrogen-bond acceptors (Lipinski definition) is 1. The predicted molar refractivity (Wildman–Crippen MR) is 130 cm³/mol. The normalized spacial score (nSPS) is 13.5. The molecule has 0 saturated heterocycles. The van der Waals surface area contributed by atoms with Gasteiger partial charge in [0.2, 0.25) is 0 Å². The van der Waals surface area contributed by atoms with Gasteiger partial charge in [-0.15, -0.1) is 0 Å². The van der Waals surface area contributed by atoms with Gasteiger partial charge in [0, 0.05) is 23.0 Å². The van der Waals surface area contributed by atoms with Crippen LogP contribution in [0.4, 0.5) is 0 Å². The fourth-order valence-electron chi connectivity index (χ4n) is 4.72. The molecule has 30 heavy (non-hydrogen) atoms. The second kappa shape index (κ2) is 8.89. The van der Waals surface area contributed by atoms with Crippen molar-refractivity contribution < 1.29 is 4.74 Å². The van der Waals surface area contributed by atoms with E-state index in [1.165, 1.54) is 33.0 Å². The molecule has 3 aromatic carbocycles. The largest absolute Gasteiger partial charge is 0.496 e. The zero-order chi connectivity index (χ0) is 21.1. The van der Waals surface area contributed by atoms with Crippen molar-refractivity contribution in [2.45, 2.75) is 31.9 Å². The topological polar surface area (TPSA) is 9.23 Å². The summed E-state index contributed by atoms with van der Waals surface area (Å²) in [7, 11) is 1.11. The molecule has 1 aliphatic rings. The van der Waals surface area contributed by atoms with Crippen molar-refractivity contribution in [2.75, 3.05) is 7.11 Å². The Balaban J connectivity index is 2.07. The SMILES string of the molecule is COc1c(C2C=CC=C2)cc(C)c([Si](C)C)c1C(c1ccccc1)c1ccccc1. The van der Waals surface area contributed by atoms with Crippen LogP contribution in [0.2, 0.25) is 13.1 Å². The van der Waals surface area contributed by atoms with E-state index in [9.17, 15) is 0 Å². The van der Waals surface area contributed by atoms with Crippen LogP contribution < -0.4 is 9.92 Å². The first kappa shape index (κ1) is 20.4. The standard InChI is InChI=1S/C28H29OSi/c1-20-19-24(21-13-11-12-14-21)27(29-2)26(28(20)30(3)4)25(22-15-7-5-8-16-22)23-17-9-6-10-18-23/h5-19,21,25H,1-4H3. The number of benzene rings is 3. The molecule has 0 saturated carbocycles. The lowest BCUT2D eigenvalue weighted by Gasteiger charge is -2.29. The van der Waals surface area contributed by atoms with E-state index in [-0.39, 0.29) is 11.8 Å². The molecule has 1 radical (unpaired) electrons. The maximum absolute atomic E-state index is 6.21. The summed E-state index contributed by atoms with van der Waals surface area (Å²) in [6.07, 6.45) is 8.77. The van der Waals surface area contributed by atoms with Gasteiger partial charge >= 0.3 is 0 Å². The third kappa shape index (κ3) is 3.80. The highest BCUT2D eigenvalue weighted by Gasteiger charge is 2.29. The van der Waals surface area contributed by atoms with Gasteiger partial charge in [0.05, 0.1) is 15.9 Å². The van der Waals surface area contributed by atoms with Crippen LogP contribution in [-0.4, -0.2) is 15.9 Å². The first-order valence-electron chi connectivity index (χ1n) is 10.6. The van der Waals surface area contributed by atoms with E-state index >= 15 is 0 Å². The molecule has 0 amide bonds. The molecule has 0 bridgehead atoms. The molecular weight excluding hydrogens is 380 g/mol. The smallest absolute Gasteiger partial charge is 0.127 e. The van der Waals surface area contributed by atoms with E-state index in [2.05, 4.69) is 111 Å². The number of methoxy groups -OCH3 is 1. The van der Waals surface area contributed by atoms with Gasteiger partial charge in [-0.1, -0.05) is 115 Å². The average molecular weight is 410 g/mol. The predicted octanol–water partition coefficient (Wildman–Crippen LogP) is 6.35. The van der Waals surface area contributed by atoms with E-state index in [4.69, 9.17) is 4.74 Å². The fourth-order valence-corrected chi connectivity index (χ4v) is 6.38. The molecule has 0 atom stereocenters. The molecule has 4 rings (SSSR count). The van der Waals surface area contributed by atoms with Crippen molar-refractivity contribution >= 4 is 14.0 Å². The van der Waals surface area contributed by atoms with Crippen LogP contribution in [-0.2, 0) is 0 Å². The number of rotatable bonds is 6. The Morgan fingerprint density at radius 3 is 1.83 bits per heavy atom. The zero-order valence-corrected chi connectivity index (χ0v) is 19.2. The highest BCUT2D eigenvalue weighted by Crippen LogP contribution is 2.42. The van der Waals surface area contributed by atoms with Gasteiger partial charge in [-0.2, -0.15) is 0 Å². The minimum atomic E-state index is -0.718. The lowest BCUT2D eigenvalue weighted by atomic mass is 9.81. The van der Waals surface area contributed by atoms with Crippen LogP contribution >= 0.6 is 0 Å². The van der Waals surface area contributed by atoms with Gasteiger partial charge < -0.3 is 4.74 Å². The lowest BCUT2D eigenvalue weighted by molar-refractivity contribution is 0.404. The minimum absolute atomic E-state index is 0.144. The summed E-state index contributed by atoms with van der Waals surface area (Å²) < 4.78 is 6.21. The Morgan fingerprint density at radius 2 is 1.37 bits per heavy atom. The summed E-state index contributed by atoms with van der Waals surface area (Å²) in [6.45, 7) is 7.05. The van der Waals surface area contributed by atoms with Crippen molar-refractivity contribution in [3.8, 4) is 5.75 Å². The molecule has 0 heterocycles. The Bertz CT molecular complexity index is 1010.